The van der Waals surface area contributed by atoms with Crippen LogP contribution in [0.25, 0.3) is 10.9 Å². The van der Waals surface area contributed by atoms with Crippen molar-refractivity contribution in [1.82, 2.24) is 20.1 Å². The molecule has 1 atom stereocenters. The van der Waals surface area contributed by atoms with E-state index in [9.17, 15) is 14.4 Å². The van der Waals surface area contributed by atoms with Crippen molar-refractivity contribution in [3.05, 3.63) is 36.0 Å². The third-order valence-corrected chi connectivity index (χ3v) is 6.04. The third-order valence-electron chi connectivity index (χ3n) is 6.04. The Kier molecular flexibility index (Phi) is 5.83. The van der Waals surface area contributed by atoms with Crippen LogP contribution < -0.4 is 5.32 Å². The van der Waals surface area contributed by atoms with Gasteiger partial charge in [-0.1, -0.05) is 12.1 Å². The number of hydrogen-bond donors (Lipinski definition) is 2. The molecule has 0 saturated carbocycles. The molecule has 29 heavy (non-hydrogen) atoms. The monoisotopic (exact) mass is 396 g/mol. The number of likely N-dealkylation sites (tertiary alicyclic amines) is 2. The summed E-state index contributed by atoms with van der Waals surface area (Å²) in [5.41, 5.74) is 2.14. The molecule has 2 aliphatic rings. The molecule has 2 saturated heterocycles. The Morgan fingerprint density at radius 2 is 1.93 bits per heavy atom. The number of aromatic nitrogens is 1. The topological polar surface area (TPSA) is 85.5 Å². The molecule has 154 valence electrons. The van der Waals surface area contributed by atoms with E-state index >= 15 is 0 Å². The van der Waals surface area contributed by atoms with E-state index < -0.39 is 0 Å². The highest BCUT2D eigenvalue weighted by Gasteiger charge is 2.30. The quantitative estimate of drug-likeness (QED) is 0.751. The van der Waals surface area contributed by atoms with Crippen LogP contribution in [-0.4, -0.2) is 58.7 Å². The number of nitrogens with zero attached hydrogens (tertiary/aromatic N) is 2. The molecule has 0 unspecified atom stereocenters. The standard InChI is InChI=1S/C22H28N4O3/c27-20-6-2-11-25(20)12-3-13-26-15-17(7-8-21(26)28)22(29)24-14-16-4-1-5-19-18(16)9-10-23-19/h1,4-5,9-10,17,23H,2-3,6-8,11-15H2,(H,24,29)/t17-/m1/s1. The summed E-state index contributed by atoms with van der Waals surface area (Å²) in [4.78, 5) is 43.5. The normalized spacial score (nSPS) is 19.9. The Bertz CT molecular complexity index is 906. The molecule has 0 bridgehead atoms. The molecule has 0 radical (unpaired) electrons. The maximum atomic E-state index is 12.7. The maximum absolute atomic E-state index is 12.7. The lowest BCUT2D eigenvalue weighted by molar-refractivity contribution is -0.138. The van der Waals surface area contributed by atoms with Crippen LogP contribution >= 0.6 is 0 Å². The average Bonchev–Trinajstić information content (AvgIpc) is 3.36. The number of H-pyrrole nitrogens is 1. The van der Waals surface area contributed by atoms with Crippen molar-refractivity contribution in [1.29, 1.82) is 0 Å². The average molecular weight is 396 g/mol. The second-order valence-corrected chi connectivity index (χ2v) is 7.99. The molecule has 1 aromatic carbocycles. The van der Waals surface area contributed by atoms with Gasteiger partial charge in [-0.15, -0.1) is 0 Å². The summed E-state index contributed by atoms with van der Waals surface area (Å²) in [7, 11) is 0. The van der Waals surface area contributed by atoms with Crippen molar-refractivity contribution in [2.24, 2.45) is 5.92 Å². The van der Waals surface area contributed by atoms with Crippen LogP contribution in [0.1, 0.15) is 37.7 Å². The lowest BCUT2D eigenvalue weighted by atomic mass is 9.96. The summed E-state index contributed by atoms with van der Waals surface area (Å²) in [6, 6.07) is 8.03. The first kappa shape index (κ1) is 19.5. The summed E-state index contributed by atoms with van der Waals surface area (Å²) >= 11 is 0. The van der Waals surface area contributed by atoms with Crippen LogP contribution in [0.4, 0.5) is 0 Å². The number of amides is 3. The summed E-state index contributed by atoms with van der Waals surface area (Å²) in [5.74, 6) is 0.153. The van der Waals surface area contributed by atoms with Gasteiger partial charge in [0, 0.05) is 62.7 Å². The number of rotatable bonds is 7. The van der Waals surface area contributed by atoms with Crippen LogP contribution in [0.2, 0.25) is 0 Å². The Morgan fingerprint density at radius 1 is 1.10 bits per heavy atom. The van der Waals surface area contributed by atoms with Crippen molar-refractivity contribution in [2.45, 2.75) is 38.6 Å². The van der Waals surface area contributed by atoms with Gasteiger partial charge in [-0.2, -0.15) is 0 Å². The van der Waals surface area contributed by atoms with Crippen molar-refractivity contribution >= 4 is 28.6 Å². The Balaban J connectivity index is 1.27. The van der Waals surface area contributed by atoms with Gasteiger partial charge in [0.25, 0.3) is 0 Å². The minimum atomic E-state index is -0.174. The van der Waals surface area contributed by atoms with E-state index in [0.717, 1.165) is 35.9 Å². The van der Waals surface area contributed by atoms with E-state index in [1.54, 1.807) is 4.90 Å². The second-order valence-electron chi connectivity index (χ2n) is 7.99. The fraction of sp³-hybridized carbons (Fsp3) is 0.500. The highest BCUT2D eigenvalue weighted by molar-refractivity contribution is 5.85. The molecule has 7 nitrogen and oxygen atoms in total. The van der Waals surface area contributed by atoms with Crippen LogP contribution in [-0.2, 0) is 20.9 Å². The Morgan fingerprint density at radius 3 is 2.76 bits per heavy atom. The summed E-state index contributed by atoms with van der Waals surface area (Å²) in [5, 5.41) is 4.16. The van der Waals surface area contributed by atoms with Gasteiger partial charge >= 0.3 is 0 Å². The number of benzene rings is 1. The number of carbonyl (C=O) groups is 3. The summed E-state index contributed by atoms with van der Waals surface area (Å²) in [6.07, 6.45) is 5.24. The highest BCUT2D eigenvalue weighted by atomic mass is 16.2. The summed E-state index contributed by atoms with van der Waals surface area (Å²) in [6.45, 7) is 3.07. The van der Waals surface area contributed by atoms with Gasteiger partial charge in [0.15, 0.2) is 0 Å². The molecule has 4 rings (SSSR count). The smallest absolute Gasteiger partial charge is 0.225 e. The zero-order chi connectivity index (χ0) is 20.2. The van der Waals surface area contributed by atoms with E-state index in [-0.39, 0.29) is 23.6 Å². The predicted molar refractivity (Wildman–Crippen MR) is 110 cm³/mol. The summed E-state index contributed by atoms with van der Waals surface area (Å²) < 4.78 is 0. The minimum Gasteiger partial charge on any atom is -0.361 e. The Labute approximate surface area is 170 Å². The van der Waals surface area contributed by atoms with E-state index in [1.165, 1.54) is 0 Å². The van der Waals surface area contributed by atoms with Crippen molar-refractivity contribution < 1.29 is 14.4 Å². The highest BCUT2D eigenvalue weighted by Crippen LogP contribution is 2.20. The fourth-order valence-corrected chi connectivity index (χ4v) is 4.37. The molecule has 2 aliphatic heterocycles. The van der Waals surface area contributed by atoms with Gasteiger partial charge in [-0.25, -0.2) is 0 Å². The van der Waals surface area contributed by atoms with Crippen LogP contribution in [0, 0.1) is 5.92 Å². The van der Waals surface area contributed by atoms with Gasteiger partial charge in [0.1, 0.15) is 0 Å². The molecule has 2 fully saturated rings. The van der Waals surface area contributed by atoms with Gasteiger partial charge in [-0.05, 0) is 37.0 Å². The van der Waals surface area contributed by atoms with E-state index in [4.69, 9.17) is 0 Å². The number of nitrogens with one attached hydrogen (secondary N) is 2. The number of hydrogen-bond acceptors (Lipinski definition) is 3. The molecule has 2 N–H and O–H groups in total. The van der Waals surface area contributed by atoms with Gasteiger partial charge in [0.05, 0.1) is 5.92 Å². The van der Waals surface area contributed by atoms with Gasteiger partial charge in [-0.3, -0.25) is 14.4 Å². The lowest BCUT2D eigenvalue weighted by Crippen LogP contribution is -2.46. The SMILES string of the molecule is O=C(NCc1cccc2[nH]ccc12)[C@@H]1CCC(=O)N(CCCN2CCCC2=O)C1. The molecular formula is C22H28N4O3. The lowest BCUT2D eigenvalue weighted by Gasteiger charge is -2.32. The zero-order valence-electron chi connectivity index (χ0n) is 16.7. The van der Waals surface area contributed by atoms with Crippen LogP contribution in [0.5, 0.6) is 0 Å². The largest absolute Gasteiger partial charge is 0.361 e. The first-order valence-electron chi connectivity index (χ1n) is 10.5. The first-order valence-corrected chi connectivity index (χ1v) is 10.5. The van der Waals surface area contributed by atoms with Gasteiger partial charge < -0.3 is 20.1 Å². The van der Waals surface area contributed by atoms with Crippen molar-refractivity contribution in [2.75, 3.05) is 26.2 Å². The predicted octanol–water partition coefficient (Wildman–Crippen LogP) is 2.04. The minimum absolute atomic E-state index is 0.00441. The van der Waals surface area contributed by atoms with Crippen LogP contribution in [0.3, 0.4) is 0 Å². The van der Waals surface area contributed by atoms with E-state index in [0.29, 0.717) is 45.4 Å². The molecule has 3 amide bonds. The molecule has 7 heteroatoms. The third kappa shape index (κ3) is 4.44. The molecule has 1 aromatic heterocycles. The van der Waals surface area contributed by atoms with E-state index in [1.807, 2.05) is 35.4 Å². The molecule has 0 aliphatic carbocycles. The molecule has 0 spiro atoms. The fourth-order valence-electron chi connectivity index (χ4n) is 4.37. The van der Waals surface area contributed by atoms with Crippen LogP contribution in [0.15, 0.2) is 30.5 Å². The molecule has 3 heterocycles. The number of aromatic amines is 1. The van der Waals surface area contributed by atoms with Crippen molar-refractivity contribution in [3.8, 4) is 0 Å². The maximum Gasteiger partial charge on any atom is 0.225 e. The number of carbonyl (C=O) groups excluding carboxylic acids is 3. The molecule has 2 aromatic rings. The second kappa shape index (κ2) is 8.68. The first-order chi connectivity index (χ1) is 14.1. The number of piperidine rings is 1. The van der Waals surface area contributed by atoms with Gasteiger partial charge in [0.2, 0.25) is 17.7 Å². The Hall–Kier alpha value is -2.83. The molecular weight excluding hydrogens is 368 g/mol. The van der Waals surface area contributed by atoms with E-state index in [2.05, 4.69) is 10.3 Å². The number of fused-ring (bicyclic) bond motifs is 1. The van der Waals surface area contributed by atoms with Crippen molar-refractivity contribution in [3.63, 3.8) is 0 Å². The zero-order valence-corrected chi connectivity index (χ0v) is 16.7.